The molecular weight excluding hydrogens is 360 g/mol. The first kappa shape index (κ1) is 18.2. The van der Waals surface area contributed by atoms with Crippen LogP contribution in [0.1, 0.15) is 55.9 Å². The summed E-state index contributed by atoms with van der Waals surface area (Å²) in [5.74, 6) is 0.763. The van der Waals surface area contributed by atoms with Gasteiger partial charge in [-0.05, 0) is 18.4 Å². The summed E-state index contributed by atoms with van der Waals surface area (Å²) in [6.45, 7) is 4.31. The number of aromatic nitrogens is 2. The molecule has 146 valence electrons. The van der Waals surface area contributed by atoms with Crippen LogP contribution in [-0.2, 0) is 16.1 Å². The van der Waals surface area contributed by atoms with Crippen molar-refractivity contribution in [3.63, 3.8) is 0 Å². The lowest BCUT2D eigenvalue weighted by atomic mass is 9.96. The maximum Gasteiger partial charge on any atom is 0.338 e. The van der Waals surface area contributed by atoms with Crippen LogP contribution in [0.3, 0.4) is 0 Å². The Morgan fingerprint density at radius 3 is 2.68 bits per heavy atom. The van der Waals surface area contributed by atoms with Crippen molar-refractivity contribution in [2.24, 2.45) is 0 Å². The number of carbonyl (C=O) groups excluding carboxylic acids is 2. The Bertz CT molecular complexity index is 917. The van der Waals surface area contributed by atoms with Crippen molar-refractivity contribution >= 4 is 12.0 Å². The molecule has 2 aliphatic heterocycles. The molecule has 1 aromatic heterocycles. The normalized spacial score (nSPS) is 19.1. The minimum Gasteiger partial charge on any atom is -0.456 e. The zero-order valence-electron chi connectivity index (χ0n) is 15.8. The van der Waals surface area contributed by atoms with Gasteiger partial charge in [0.1, 0.15) is 6.61 Å². The largest absolute Gasteiger partial charge is 0.456 e. The Balaban J connectivity index is 1.64. The average molecular weight is 382 g/mol. The fraction of sp³-hybridized carbons (Fsp3) is 0.400. The highest BCUT2D eigenvalue weighted by Gasteiger charge is 2.42. The van der Waals surface area contributed by atoms with E-state index in [1.807, 2.05) is 30.3 Å². The van der Waals surface area contributed by atoms with E-state index in [-0.39, 0.29) is 25.1 Å². The van der Waals surface area contributed by atoms with E-state index in [0.29, 0.717) is 23.0 Å². The second-order valence-corrected chi connectivity index (χ2v) is 6.88. The topological polar surface area (TPSA) is 97.6 Å². The molecule has 0 radical (unpaired) electrons. The van der Waals surface area contributed by atoms with E-state index in [2.05, 4.69) is 29.3 Å². The molecule has 3 heterocycles. The molecule has 0 spiro atoms. The third-order valence-electron chi connectivity index (χ3n) is 5.25. The van der Waals surface area contributed by atoms with Gasteiger partial charge in [-0.3, -0.25) is 4.90 Å². The van der Waals surface area contributed by atoms with Crippen molar-refractivity contribution in [3.05, 3.63) is 58.9 Å². The predicted molar refractivity (Wildman–Crippen MR) is 98.9 cm³/mol. The highest BCUT2D eigenvalue weighted by Crippen LogP contribution is 2.35. The van der Waals surface area contributed by atoms with Gasteiger partial charge in [-0.15, -0.1) is 0 Å². The second kappa shape index (κ2) is 7.46. The van der Waals surface area contributed by atoms with Gasteiger partial charge >= 0.3 is 12.0 Å². The van der Waals surface area contributed by atoms with Crippen molar-refractivity contribution in [1.82, 2.24) is 20.4 Å². The number of urea groups is 1. The third-order valence-corrected chi connectivity index (χ3v) is 5.25. The number of hydrogen-bond donors (Lipinski definition) is 1. The van der Waals surface area contributed by atoms with Gasteiger partial charge in [-0.25, -0.2) is 9.59 Å². The highest BCUT2D eigenvalue weighted by atomic mass is 16.5. The summed E-state index contributed by atoms with van der Waals surface area (Å²) >= 11 is 0. The fourth-order valence-corrected chi connectivity index (χ4v) is 3.65. The first-order valence-electron chi connectivity index (χ1n) is 9.48. The van der Waals surface area contributed by atoms with Crippen molar-refractivity contribution in [2.75, 3.05) is 6.61 Å². The molecule has 1 aromatic carbocycles. The molecule has 2 aliphatic rings. The number of rotatable bonds is 6. The van der Waals surface area contributed by atoms with Gasteiger partial charge in [0.05, 0.1) is 23.9 Å². The zero-order valence-corrected chi connectivity index (χ0v) is 15.8. The van der Waals surface area contributed by atoms with Gasteiger partial charge in [0.25, 0.3) is 0 Å². The van der Waals surface area contributed by atoms with E-state index in [1.165, 1.54) is 4.90 Å². The van der Waals surface area contributed by atoms with E-state index in [4.69, 9.17) is 9.26 Å². The molecule has 1 atom stereocenters. The van der Waals surface area contributed by atoms with Crippen LogP contribution in [-0.4, -0.2) is 33.6 Å². The van der Waals surface area contributed by atoms with E-state index < -0.39 is 12.0 Å². The maximum atomic E-state index is 12.8. The Morgan fingerprint density at radius 2 is 1.96 bits per heavy atom. The van der Waals surface area contributed by atoms with E-state index in [0.717, 1.165) is 18.4 Å². The van der Waals surface area contributed by atoms with Crippen molar-refractivity contribution in [1.29, 1.82) is 0 Å². The number of ether oxygens (including phenoxy) is 1. The summed E-state index contributed by atoms with van der Waals surface area (Å²) in [6, 6.07) is 8.52. The Hall–Kier alpha value is -3.16. The summed E-state index contributed by atoms with van der Waals surface area (Å²) < 4.78 is 10.6. The lowest BCUT2D eigenvalue weighted by Crippen LogP contribution is -2.47. The molecule has 0 aliphatic carbocycles. The summed E-state index contributed by atoms with van der Waals surface area (Å²) in [5.41, 5.74) is 1.84. The van der Waals surface area contributed by atoms with Crippen LogP contribution in [0.2, 0.25) is 0 Å². The Labute approximate surface area is 162 Å². The minimum atomic E-state index is -0.527. The zero-order chi connectivity index (χ0) is 19.7. The lowest BCUT2D eigenvalue weighted by molar-refractivity contribution is -0.136. The summed E-state index contributed by atoms with van der Waals surface area (Å²) in [5, 5.41) is 6.91. The SMILES string of the molecule is CCC(CC)c1nc(CN2C(=O)NC(c3ccccc3)C3=C2COC3=O)no1. The van der Waals surface area contributed by atoms with Gasteiger partial charge in [0.2, 0.25) is 5.89 Å². The molecule has 8 heteroatoms. The van der Waals surface area contributed by atoms with Gasteiger partial charge in [0, 0.05) is 5.92 Å². The third kappa shape index (κ3) is 3.15. The van der Waals surface area contributed by atoms with Crippen LogP contribution in [0, 0.1) is 0 Å². The van der Waals surface area contributed by atoms with Crippen LogP contribution in [0.4, 0.5) is 4.79 Å². The van der Waals surface area contributed by atoms with Crippen LogP contribution in [0.25, 0.3) is 0 Å². The molecule has 28 heavy (non-hydrogen) atoms. The molecule has 0 bridgehead atoms. The molecule has 8 nitrogen and oxygen atoms in total. The lowest BCUT2D eigenvalue weighted by Gasteiger charge is -2.32. The molecule has 2 aromatic rings. The van der Waals surface area contributed by atoms with E-state index in [9.17, 15) is 9.59 Å². The fourth-order valence-electron chi connectivity index (χ4n) is 3.65. The van der Waals surface area contributed by atoms with E-state index in [1.54, 1.807) is 0 Å². The number of nitrogens with zero attached hydrogens (tertiary/aromatic N) is 3. The molecule has 0 fully saturated rings. The standard InChI is InChI=1S/C20H22N4O4/c1-3-12(4-2)18-21-15(23-28-18)10-24-14-11-27-19(25)16(14)17(22-20(24)26)13-8-6-5-7-9-13/h5-9,12,17H,3-4,10-11H2,1-2H3,(H,22,26). The van der Waals surface area contributed by atoms with Crippen LogP contribution >= 0.6 is 0 Å². The summed E-state index contributed by atoms with van der Waals surface area (Å²) in [6.07, 6.45) is 1.80. The monoisotopic (exact) mass is 382 g/mol. The molecule has 2 amide bonds. The van der Waals surface area contributed by atoms with Gasteiger partial charge in [0.15, 0.2) is 5.82 Å². The first-order valence-corrected chi connectivity index (χ1v) is 9.48. The smallest absolute Gasteiger partial charge is 0.338 e. The van der Waals surface area contributed by atoms with Crippen LogP contribution < -0.4 is 5.32 Å². The Kier molecular flexibility index (Phi) is 4.85. The number of esters is 1. The molecule has 0 saturated carbocycles. The molecule has 1 N–H and O–H groups in total. The summed E-state index contributed by atoms with van der Waals surface area (Å²) in [4.78, 5) is 31.1. The maximum absolute atomic E-state index is 12.8. The quantitative estimate of drug-likeness (QED) is 0.771. The van der Waals surface area contributed by atoms with E-state index >= 15 is 0 Å². The molecule has 0 saturated heterocycles. The number of benzene rings is 1. The molecule has 1 unspecified atom stereocenters. The van der Waals surface area contributed by atoms with Crippen LogP contribution in [0.5, 0.6) is 0 Å². The number of cyclic esters (lactones) is 1. The number of carbonyl (C=O) groups is 2. The van der Waals surface area contributed by atoms with Gasteiger partial charge in [-0.2, -0.15) is 4.98 Å². The number of amides is 2. The predicted octanol–water partition coefficient (Wildman–Crippen LogP) is 3.05. The van der Waals surface area contributed by atoms with Gasteiger partial charge < -0.3 is 14.6 Å². The van der Waals surface area contributed by atoms with Gasteiger partial charge in [-0.1, -0.05) is 49.3 Å². The second-order valence-electron chi connectivity index (χ2n) is 6.88. The number of hydrogen-bond acceptors (Lipinski definition) is 6. The Morgan fingerprint density at radius 1 is 1.21 bits per heavy atom. The van der Waals surface area contributed by atoms with Crippen LogP contribution in [0.15, 0.2) is 46.1 Å². The highest BCUT2D eigenvalue weighted by molar-refractivity contribution is 5.97. The molecule has 4 rings (SSSR count). The molecular formula is C20H22N4O4. The summed E-state index contributed by atoms with van der Waals surface area (Å²) in [7, 11) is 0. The first-order chi connectivity index (χ1) is 13.6. The minimum absolute atomic E-state index is 0.0577. The average Bonchev–Trinajstić information content (AvgIpc) is 3.33. The van der Waals surface area contributed by atoms with Crippen molar-refractivity contribution in [3.8, 4) is 0 Å². The van der Waals surface area contributed by atoms with Crippen molar-refractivity contribution in [2.45, 2.75) is 45.2 Å². The van der Waals surface area contributed by atoms with Crippen molar-refractivity contribution < 1.29 is 18.8 Å². The number of nitrogens with one attached hydrogen (secondary N) is 1.